The van der Waals surface area contributed by atoms with Crippen molar-refractivity contribution in [3.05, 3.63) is 23.8 Å². The molecule has 0 amide bonds. The lowest BCUT2D eigenvalue weighted by Crippen LogP contribution is -2.23. The van der Waals surface area contributed by atoms with Gasteiger partial charge in [0.25, 0.3) is 0 Å². The monoisotopic (exact) mass is 318 g/mol. The first kappa shape index (κ1) is 19.3. The molecule has 0 aromatic heterocycles. The zero-order valence-corrected chi connectivity index (χ0v) is 15.1. The first-order valence-corrected chi connectivity index (χ1v) is 8.30. The Labute approximate surface area is 141 Å². The summed E-state index contributed by atoms with van der Waals surface area (Å²) in [5.41, 5.74) is 1.24. The van der Waals surface area contributed by atoms with Crippen LogP contribution in [0.3, 0.4) is 0 Å². The molecule has 0 N–H and O–H groups in total. The molecule has 1 rings (SSSR count). The van der Waals surface area contributed by atoms with E-state index in [1.165, 1.54) is 5.56 Å². The van der Waals surface area contributed by atoms with E-state index in [1.54, 1.807) is 14.2 Å². The van der Waals surface area contributed by atoms with Crippen LogP contribution in [0.2, 0.25) is 0 Å². The molecular weight excluding hydrogens is 288 g/mol. The van der Waals surface area contributed by atoms with Crippen LogP contribution in [0, 0.1) is 23.2 Å². The van der Waals surface area contributed by atoms with Crippen LogP contribution in [0.4, 0.5) is 0 Å². The number of hydrogen-bond acceptors (Lipinski definition) is 4. The summed E-state index contributed by atoms with van der Waals surface area (Å²) in [4.78, 5) is 2.32. The Kier molecular flexibility index (Phi) is 8.50. The van der Waals surface area contributed by atoms with Gasteiger partial charge in [-0.2, -0.15) is 5.26 Å². The van der Waals surface area contributed by atoms with Gasteiger partial charge < -0.3 is 14.4 Å². The van der Waals surface area contributed by atoms with Gasteiger partial charge in [0.15, 0.2) is 11.5 Å². The maximum atomic E-state index is 9.12. The number of hydrogen-bond donors (Lipinski definition) is 0. The fourth-order valence-electron chi connectivity index (χ4n) is 2.60. The maximum absolute atomic E-state index is 9.12. The largest absolute Gasteiger partial charge is 0.493 e. The fourth-order valence-corrected chi connectivity index (χ4v) is 2.60. The normalized spacial score (nSPS) is 12.3. The van der Waals surface area contributed by atoms with Gasteiger partial charge in [0.2, 0.25) is 0 Å². The van der Waals surface area contributed by atoms with Gasteiger partial charge in [-0.15, -0.1) is 0 Å². The number of nitrogens with zero attached hydrogens (tertiary/aromatic N) is 2. The third-order valence-corrected chi connectivity index (χ3v) is 4.26. The second kappa shape index (κ2) is 10.1. The van der Waals surface area contributed by atoms with Gasteiger partial charge in [-0.1, -0.05) is 19.9 Å². The molecule has 4 heteroatoms. The van der Waals surface area contributed by atoms with E-state index >= 15 is 0 Å². The molecule has 1 unspecified atom stereocenters. The van der Waals surface area contributed by atoms with E-state index in [4.69, 9.17) is 14.7 Å². The van der Waals surface area contributed by atoms with E-state index in [0.29, 0.717) is 5.92 Å². The molecule has 1 aromatic rings. The Balaban J connectivity index is 2.39. The SMILES string of the molecule is COc1ccc(CCN(C)CCCC(C#N)C(C)C)cc1OC. The van der Waals surface area contributed by atoms with Crippen molar-refractivity contribution in [1.82, 2.24) is 4.90 Å². The first-order valence-electron chi connectivity index (χ1n) is 8.30. The lowest BCUT2D eigenvalue weighted by Gasteiger charge is -2.19. The predicted octanol–water partition coefficient (Wildman–Crippen LogP) is 3.75. The van der Waals surface area contributed by atoms with E-state index in [0.717, 1.165) is 43.9 Å². The summed E-state index contributed by atoms with van der Waals surface area (Å²) in [6, 6.07) is 8.49. The molecule has 0 saturated carbocycles. The van der Waals surface area contributed by atoms with Crippen LogP contribution in [0.1, 0.15) is 32.3 Å². The van der Waals surface area contributed by atoms with Gasteiger partial charge >= 0.3 is 0 Å². The second-order valence-electron chi connectivity index (χ2n) is 6.36. The standard InChI is InChI=1S/C19H30N2O2/c1-15(2)17(14-20)7-6-11-21(3)12-10-16-8-9-18(22-4)19(13-16)23-5/h8-9,13,15,17H,6-7,10-12H2,1-5H3. The Morgan fingerprint density at radius 1 is 1.13 bits per heavy atom. The summed E-state index contributed by atoms with van der Waals surface area (Å²) in [7, 11) is 5.45. The zero-order valence-electron chi connectivity index (χ0n) is 15.1. The van der Waals surface area contributed by atoms with E-state index in [9.17, 15) is 0 Å². The molecular formula is C19H30N2O2. The number of methoxy groups -OCH3 is 2. The van der Waals surface area contributed by atoms with Crippen LogP contribution in [-0.2, 0) is 6.42 Å². The van der Waals surface area contributed by atoms with Crippen molar-refractivity contribution in [2.75, 3.05) is 34.4 Å². The molecule has 1 aromatic carbocycles. The van der Waals surface area contributed by atoms with Crippen LogP contribution in [0.5, 0.6) is 11.5 Å². The van der Waals surface area contributed by atoms with Crippen molar-refractivity contribution in [2.45, 2.75) is 33.1 Å². The van der Waals surface area contributed by atoms with Gasteiger partial charge in [0, 0.05) is 12.5 Å². The highest BCUT2D eigenvalue weighted by molar-refractivity contribution is 5.42. The number of nitriles is 1. The van der Waals surface area contributed by atoms with Gasteiger partial charge in [-0.25, -0.2) is 0 Å². The van der Waals surface area contributed by atoms with Crippen LogP contribution in [0.25, 0.3) is 0 Å². The summed E-state index contributed by atoms with van der Waals surface area (Å²) in [5, 5.41) is 9.12. The van der Waals surface area contributed by atoms with Crippen molar-refractivity contribution in [3.8, 4) is 17.6 Å². The average molecular weight is 318 g/mol. The quantitative estimate of drug-likeness (QED) is 0.659. The number of rotatable bonds is 10. The molecule has 0 saturated heterocycles. The molecule has 0 fully saturated rings. The Morgan fingerprint density at radius 3 is 2.39 bits per heavy atom. The average Bonchev–Trinajstić information content (AvgIpc) is 2.56. The molecule has 23 heavy (non-hydrogen) atoms. The lowest BCUT2D eigenvalue weighted by molar-refractivity contribution is 0.312. The van der Waals surface area contributed by atoms with E-state index in [2.05, 4.69) is 37.9 Å². The van der Waals surface area contributed by atoms with E-state index < -0.39 is 0 Å². The topological polar surface area (TPSA) is 45.5 Å². The third-order valence-electron chi connectivity index (χ3n) is 4.26. The Hall–Kier alpha value is -1.73. The molecule has 1 atom stereocenters. The molecule has 0 bridgehead atoms. The molecule has 0 heterocycles. The summed E-state index contributed by atoms with van der Waals surface area (Å²) in [6.07, 6.45) is 3.02. The van der Waals surface area contributed by atoms with Gasteiger partial charge in [0.05, 0.1) is 20.3 Å². The van der Waals surface area contributed by atoms with Crippen LogP contribution >= 0.6 is 0 Å². The number of benzene rings is 1. The predicted molar refractivity (Wildman–Crippen MR) is 93.9 cm³/mol. The minimum Gasteiger partial charge on any atom is -0.493 e. The second-order valence-corrected chi connectivity index (χ2v) is 6.36. The van der Waals surface area contributed by atoms with Crippen molar-refractivity contribution in [2.24, 2.45) is 11.8 Å². The summed E-state index contributed by atoms with van der Waals surface area (Å²) in [6.45, 7) is 6.26. The number of ether oxygens (including phenoxy) is 2. The molecule has 4 nitrogen and oxygen atoms in total. The van der Waals surface area contributed by atoms with Crippen molar-refractivity contribution < 1.29 is 9.47 Å². The maximum Gasteiger partial charge on any atom is 0.160 e. The Bertz CT molecular complexity index is 509. The minimum atomic E-state index is 0.175. The summed E-state index contributed by atoms with van der Waals surface area (Å²) in [5.74, 6) is 2.16. The smallest absolute Gasteiger partial charge is 0.160 e. The van der Waals surface area contributed by atoms with Crippen LogP contribution in [0.15, 0.2) is 18.2 Å². The molecule has 128 valence electrons. The summed E-state index contributed by atoms with van der Waals surface area (Å²) >= 11 is 0. The lowest BCUT2D eigenvalue weighted by atomic mass is 9.93. The fraction of sp³-hybridized carbons (Fsp3) is 0.632. The zero-order chi connectivity index (χ0) is 17.2. The molecule has 0 aliphatic carbocycles. The molecule has 0 aliphatic rings. The molecule has 0 spiro atoms. The summed E-state index contributed by atoms with van der Waals surface area (Å²) < 4.78 is 10.6. The van der Waals surface area contributed by atoms with E-state index in [-0.39, 0.29) is 5.92 Å². The molecule has 0 aliphatic heterocycles. The Morgan fingerprint density at radius 2 is 1.83 bits per heavy atom. The highest BCUT2D eigenvalue weighted by Gasteiger charge is 2.12. The highest BCUT2D eigenvalue weighted by Crippen LogP contribution is 2.27. The molecule has 0 radical (unpaired) electrons. The highest BCUT2D eigenvalue weighted by atomic mass is 16.5. The van der Waals surface area contributed by atoms with Crippen LogP contribution in [-0.4, -0.2) is 39.3 Å². The van der Waals surface area contributed by atoms with E-state index in [1.807, 2.05) is 12.1 Å². The van der Waals surface area contributed by atoms with Gasteiger partial charge in [-0.05, 0) is 56.5 Å². The van der Waals surface area contributed by atoms with Crippen molar-refractivity contribution in [3.63, 3.8) is 0 Å². The minimum absolute atomic E-state index is 0.175. The first-order chi connectivity index (χ1) is 11.0. The van der Waals surface area contributed by atoms with Crippen LogP contribution < -0.4 is 9.47 Å². The number of likely N-dealkylation sites (N-methyl/N-ethyl adjacent to an activating group) is 1. The van der Waals surface area contributed by atoms with Crippen molar-refractivity contribution >= 4 is 0 Å². The van der Waals surface area contributed by atoms with Crippen molar-refractivity contribution in [1.29, 1.82) is 5.26 Å². The van der Waals surface area contributed by atoms with Gasteiger partial charge in [-0.3, -0.25) is 0 Å². The third kappa shape index (κ3) is 6.50. The van der Waals surface area contributed by atoms with Gasteiger partial charge in [0.1, 0.15) is 0 Å².